The molecule has 0 N–H and O–H groups in total. The third kappa shape index (κ3) is 14.7. The van der Waals surface area contributed by atoms with Gasteiger partial charge in [-0.05, 0) is 362 Å². The summed E-state index contributed by atoms with van der Waals surface area (Å²) in [5, 5.41) is 31.3. The molecule has 28 aromatic rings. The number of hydrogen-bond acceptors (Lipinski definition) is 3. The molecule has 32 rings (SSSR count). The first kappa shape index (κ1) is 85.8. The van der Waals surface area contributed by atoms with Crippen LogP contribution in [0.3, 0.4) is 0 Å². The minimum Gasteiger partial charge on any atom is -0.256 e. The molecule has 25 aromatic carbocycles. The Hall–Kier alpha value is -18.9. The molecule has 3 heteroatoms. The Kier molecular flexibility index (Phi) is 20.6. The quantitative estimate of drug-likeness (QED) is 0.142. The van der Waals surface area contributed by atoms with Crippen LogP contribution in [0.1, 0.15) is 44.5 Å². The van der Waals surface area contributed by atoms with Crippen LogP contribution in [-0.4, -0.2) is 15.0 Å². The number of hydrogen-bond donors (Lipinski definition) is 0. The third-order valence-corrected chi connectivity index (χ3v) is 31.8. The van der Waals surface area contributed by atoms with Crippen molar-refractivity contribution < 1.29 is 0 Å². The minimum absolute atomic E-state index is 0.984. The highest BCUT2D eigenvalue weighted by Gasteiger charge is 2.27. The molecule has 0 unspecified atom stereocenters. The molecule has 688 valence electrons. The lowest BCUT2D eigenvalue weighted by atomic mass is 9.90. The maximum atomic E-state index is 5.15. The fourth-order valence-electron chi connectivity index (χ4n) is 24.7. The number of aromatic nitrogens is 3. The van der Waals surface area contributed by atoms with Crippen molar-refractivity contribution in [3.63, 3.8) is 0 Å². The van der Waals surface area contributed by atoms with Crippen molar-refractivity contribution >= 4 is 129 Å². The maximum absolute atomic E-state index is 5.15. The van der Waals surface area contributed by atoms with Crippen LogP contribution in [0.5, 0.6) is 0 Å². The van der Waals surface area contributed by atoms with E-state index in [9.17, 15) is 0 Å². The molecule has 148 heavy (non-hydrogen) atoms. The van der Waals surface area contributed by atoms with Gasteiger partial charge in [-0.15, -0.1) is 0 Å². The van der Waals surface area contributed by atoms with E-state index >= 15 is 0 Å². The van der Waals surface area contributed by atoms with Crippen LogP contribution in [0.25, 0.3) is 263 Å². The van der Waals surface area contributed by atoms with Gasteiger partial charge in [0.1, 0.15) is 0 Å². The van der Waals surface area contributed by atoms with E-state index in [-0.39, 0.29) is 0 Å². The summed E-state index contributed by atoms with van der Waals surface area (Å²) in [5.41, 5.74) is 40.3. The van der Waals surface area contributed by atoms with E-state index in [1.165, 1.54) is 252 Å². The van der Waals surface area contributed by atoms with E-state index in [2.05, 4.69) is 510 Å². The van der Waals surface area contributed by atoms with Crippen molar-refractivity contribution in [1.29, 1.82) is 0 Å². The van der Waals surface area contributed by atoms with Gasteiger partial charge in [0.05, 0.1) is 28.5 Å². The van der Waals surface area contributed by atoms with Gasteiger partial charge in [0.25, 0.3) is 0 Å². The number of rotatable bonds is 8. The number of nitrogens with zero attached hydrogens (tertiary/aromatic N) is 3. The normalized spacial score (nSPS) is 12.2. The number of pyridine rings is 3. The maximum Gasteiger partial charge on any atom is 0.0709 e. The van der Waals surface area contributed by atoms with Crippen LogP contribution in [0, 0.1) is 0 Å². The van der Waals surface area contributed by atoms with Gasteiger partial charge < -0.3 is 0 Å². The van der Waals surface area contributed by atoms with Gasteiger partial charge in [-0.1, -0.05) is 425 Å². The predicted octanol–water partition coefficient (Wildman–Crippen LogP) is 38.4. The zero-order chi connectivity index (χ0) is 97.4. The van der Waals surface area contributed by atoms with E-state index in [4.69, 9.17) is 15.0 Å². The minimum atomic E-state index is 0.984. The summed E-state index contributed by atoms with van der Waals surface area (Å²) in [5.74, 6) is 0. The van der Waals surface area contributed by atoms with Crippen molar-refractivity contribution in [1.82, 2.24) is 15.0 Å². The molecule has 0 spiro atoms. The number of fused-ring (bicyclic) bond motifs is 36. The van der Waals surface area contributed by atoms with Gasteiger partial charge in [-0.25, -0.2) is 9.97 Å². The van der Waals surface area contributed by atoms with Gasteiger partial charge in [-0.2, -0.15) is 0 Å². The van der Waals surface area contributed by atoms with Crippen molar-refractivity contribution in [3.05, 3.63) is 560 Å². The van der Waals surface area contributed by atoms with Gasteiger partial charge in [0.2, 0.25) is 0 Å². The first-order valence-electron chi connectivity index (χ1n) is 51.6. The highest BCUT2D eigenvalue weighted by atomic mass is 14.7. The lowest BCUT2D eigenvalue weighted by Gasteiger charge is -2.14. The van der Waals surface area contributed by atoms with Crippen LogP contribution in [0.4, 0.5) is 0 Å². The summed E-state index contributed by atoms with van der Waals surface area (Å²) in [7, 11) is 0. The zero-order valence-electron chi connectivity index (χ0n) is 81.2. The SMILES string of the molecule is c1cc(-c2ccc3c(c2)-c2ccccc2C3)nc(-c2ccc3c4ccccc4c4ccccc4c3c2)c1.c1cc(-c2ccc3c4ccccc4c4ccccc4c3c2)cc(-c2cccc(-c3ccc4c(c3)-c3ccccc3C4)n2)c1.c1ccc2c(c1)Cc1c(-c3ccc4c5ccccc5c5ccccc5c4c3)cccc1-2.c1ccc2c(c1)Cc1ccc(-c3cc(-c4ccc5c6ccccc6c6ccccc6c5c4)ccn3)cc1-2. The third-order valence-electron chi connectivity index (χ3n) is 31.8. The van der Waals surface area contributed by atoms with Crippen molar-refractivity contribution in [2.75, 3.05) is 0 Å². The Balaban J connectivity index is 0.0000000936. The summed E-state index contributed by atoms with van der Waals surface area (Å²) in [6, 6.07) is 186. The monoisotopic (exact) mass is 1880 g/mol. The van der Waals surface area contributed by atoms with Gasteiger partial charge in [0.15, 0.2) is 0 Å². The smallest absolute Gasteiger partial charge is 0.0709 e. The molecule has 0 aliphatic heterocycles. The molecule has 0 amide bonds. The van der Waals surface area contributed by atoms with E-state index in [0.717, 1.165) is 82.0 Å². The Bertz CT molecular complexity index is 9980. The van der Waals surface area contributed by atoms with Crippen molar-refractivity contribution in [3.8, 4) is 134 Å². The Morgan fingerprint density at radius 1 is 0.115 bits per heavy atom. The number of benzene rings is 25. The molecule has 3 nitrogen and oxygen atoms in total. The molecule has 0 bridgehead atoms. The van der Waals surface area contributed by atoms with E-state index in [1.54, 1.807) is 0 Å². The van der Waals surface area contributed by atoms with Gasteiger partial charge >= 0.3 is 0 Å². The zero-order valence-corrected chi connectivity index (χ0v) is 81.2. The first-order chi connectivity index (χ1) is 73.3. The fourth-order valence-corrected chi connectivity index (χ4v) is 24.7. The second-order valence-electron chi connectivity index (χ2n) is 40.0. The lowest BCUT2D eigenvalue weighted by molar-refractivity contribution is 1.26. The average Bonchev–Trinajstić information content (AvgIpc) is 1.59. The van der Waals surface area contributed by atoms with Gasteiger partial charge in [-0.3, -0.25) is 4.98 Å². The molecule has 4 aliphatic carbocycles. The Morgan fingerprint density at radius 3 is 0.709 bits per heavy atom. The topological polar surface area (TPSA) is 38.7 Å². The van der Waals surface area contributed by atoms with Crippen LogP contribution >= 0.6 is 0 Å². The van der Waals surface area contributed by atoms with Crippen LogP contribution < -0.4 is 0 Å². The second-order valence-corrected chi connectivity index (χ2v) is 40.0. The summed E-state index contributed by atoms with van der Waals surface area (Å²) < 4.78 is 0. The molecular formula is C145H93N3. The Morgan fingerprint density at radius 2 is 0.338 bits per heavy atom. The second kappa shape index (κ2) is 35.6. The summed E-state index contributed by atoms with van der Waals surface area (Å²) in [6.45, 7) is 0. The highest BCUT2D eigenvalue weighted by molar-refractivity contribution is 6.30. The molecule has 3 aromatic heterocycles. The molecule has 4 aliphatic rings. The molecule has 3 heterocycles. The van der Waals surface area contributed by atoms with Crippen LogP contribution in [-0.2, 0) is 25.7 Å². The van der Waals surface area contributed by atoms with E-state index < -0.39 is 0 Å². The van der Waals surface area contributed by atoms with E-state index in [0.29, 0.717) is 0 Å². The van der Waals surface area contributed by atoms with E-state index in [1.807, 2.05) is 6.20 Å². The molecule has 0 radical (unpaired) electrons. The summed E-state index contributed by atoms with van der Waals surface area (Å²) in [4.78, 5) is 15.1. The van der Waals surface area contributed by atoms with Crippen LogP contribution in [0.2, 0.25) is 0 Å². The fraction of sp³-hybridized carbons (Fsp3) is 0.0276. The molecule has 0 fully saturated rings. The van der Waals surface area contributed by atoms with Crippen molar-refractivity contribution in [2.45, 2.75) is 25.7 Å². The first-order valence-corrected chi connectivity index (χ1v) is 51.6. The highest BCUT2D eigenvalue weighted by Crippen LogP contribution is 2.50. The molecular weight excluding hydrogens is 1780 g/mol. The summed E-state index contributed by atoms with van der Waals surface area (Å²) >= 11 is 0. The lowest BCUT2D eigenvalue weighted by Crippen LogP contribution is -1.90. The Labute approximate surface area is 858 Å². The van der Waals surface area contributed by atoms with Crippen molar-refractivity contribution in [2.24, 2.45) is 0 Å². The molecule has 0 saturated carbocycles. The standard InChI is InChI=1S/C42H27N.2C36H23N.C31H20/c1-2-12-33-29(9-1)24-30-19-20-32(26-39(30)33)42-18-8-17-41(43-42)31-11-7-10-27(23-31)28-21-22-38-36-15-4-3-13-34(36)35-14-5-6-16-37(35)40(38)25-28;1-2-9-27-23(8-1)20-24-16-17-25(21-33(24)27)35-14-7-15-36(37-35)26-18-19-32-30-12-4-3-10-28(30)29-11-5-6-13-31(29)34(32)22-26;1-2-8-28-25(7-1)19-26-13-14-27(21-34(26)28)36-22-24(17-18-37-36)23-15-16-33-31-11-4-3-9-29(31)30-10-5-6-12-32(30)35(33)20-23;1-2-9-22-20(8-1)18-30-23(14-7-15-24(22)30)21-16-17-29-27-12-4-3-10-25(27)26-11-5-6-13-28(26)31(29)19-21/h1-23,25-26H,24H2;1-19,21-22H,20H2;1-18,20-22H,19H2;1-17,19H,18H2. The largest absolute Gasteiger partial charge is 0.256 e. The summed E-state index contributed by atoms with van der Waals surface area (Å²) in [6.07, 6.45) is 5.98. The molecule has 0 saturated heterocycles. The van der Waals surface area contributed by atoms with Gasteiger partial charge in [0, 0.05) is 34.0 Å². The average molecular weight is 1880 g/mol. The predicted molar refractivity (Wildman–Crippen MR) is 626 cm³/mol. The molecule has 0 atom stereocenters. The van der Waals surface area contributed by atoms with Crippen LogP contribution in [0.15, 0.2) is 516 Å².